The first-order valence-corrected chi connectivity index (χ1v) is 11.1. The standard InChI is InChI=1S/C23H17ClN4O5S/c1-12-11-34-23(25-12)27-19(29)13-6-5-7-14(10-13)26-18-17(24)20(30)28(21(18)31)16-9-4-3-8-15(16)22(32)33-2/h3-11,26H,1-2H3,(H,25,27,29). The number of carbonyl (C=O) groups excluding carboxylic acids is 4. The van der Waals surface area contributed by atoms with Crippen LogP contribution >= 0.6 is 22.9 Å². The molecule has 34 heavy (non-hydrogen) atoms. The fourth-order valence-corrected chi connectivity index (χ4v) is 4.14. The Bertz CT molecular complexity index is 1370. The van der Waals surface area contributed by atoms with Crippen molar-refractivity contribution in [1.29, 1.82) is 0 Å². The number of aromatic nitrogens is 1. The summed E-state index contributed by atoms with van der Waals surface area (Å²) in [6.07, 6.45) is 0. The van der Waals surface area contributed by atoms with Crippen LogP contribution in [-0.2, 0) is 14.3 Å². The molecule has 0 fully saturated rings. The van der Waals surface area contributed by atoms with E-state index in [1.807, 2.05) is 12.3 Å². The van der Waals surface area contributed by atoms with E-state index in [1.54, 1.807) is 30.3 Å². The largest absolute Gasteiger partial charge is 0.465 e. The van der Waals surface area contributed by atoms with Crippen LogP contribution in [-0.4, -0.2) is 35.8 Å². The Kier molecular flexibility index (Phi) is 6.44. The molecule has 3 amide bonds. The van der Waals surface area contributed by atoms with Gasteiger partial charge in [0.25, 0.3) is 17.7 Å². The van der Waals surface area contributed by atoms with Gasteiger partial charge in [-0.15, -0.1) is 11.3 Å². The van der Waals surface area contributed by atoms with Crippen molar-refractivity contribution in [2.45, 2.75) is 6.92 Å². The summed E-state index contributed by atoms with van der Waals surface area (Å²) in [7, 11) is 1.20. The van der Waals surface area contributed by atoms with Crippen LogP contribution in [0.3, 0.4) is 0 Å². The molecule has 4 rings (SSSR count). The molecular formula is C23H17ClN4O5S. The van der Waals surface area contributed by atoms with Gasteiger partial charge in [0.15, 0.2) is 5.13 Å². The first kappa shape index (κ1) is 23.1. The second kappa shape index (κ2) is 9.46. The third-order valence-corrected chi connectivity index (χ3v) is 6.04. The molecular weight excluding hydrogens is 480 g/mol. The molecule has 1 aliphatic heterocycles. The Morgan fingerprint density at radius 1 is 1.09 bits per heavy atom. The molecule has 0 bridgehead atoms. The van der Waals surface area contributed by atoms with E-state index in [9.17, 15) is 19.2 Å². The maximum atomic E-state index is 13.1. The first-order chi connectivity index (χ1) is 16.3. The number of aryl methyl sites for hydroxylation is 1. The number of nitrogens with one attached hydrogen (secondary N) is 2. The quantitative estimate of drug-likeness (QED) is 0.392. The van der Waals surface area contributed by atoms with Crippen LogP contribution in [0.4, 0.5) is 16.5 Å². The number of halogens is 1. The summed E-state index contributed by atoms with van der Waals surface area (Å²) >= 11 is 7.50. The number of imide groups is 1. The summed E-state index contributed by atoms with van der Waals surface area (Å²) in [5, 5.41) is 7.45. The molecule has 172 valence electrons. The molecule has 2 aromatic carbocycles. The van der Waals surface area contributed by atoms with Gasteiger partial charge >= 0.3 is 5.97 Å². The molecule has 0 radical (unpaired) electrons. The van der Waals surface area contributed by atoms with Gasteiger partial charge in [0.05, 0.1) is 24.1 Å². The molecule has 3 aromatic rings. The highest BCUT2D eigenvalue weighted by Gasteiger charge is 2.40. The zero-order valence-corrected chi connectivity index (χ0v) is 19.5. The molecule has 11 heteroatoms. The molecule has 9 nitrogen and oxygen atoms in total. The second-order valence-corrected chi connectivity index (χ2v) is 8.33. The van der Waals surface area contributed by atoms with Crippen molar-refractivity contribution in [3.63, 3.8) is 0 Å². The van der Waals surface area contributed by atoms with E-state index >= 15 is 0 Å². The van der Waals surface area contributed by atoms with Crippen LogP contribution < -0.4 is 15.5 Å². The van der Waals surface area contributed by atoms with Crippen LogP contribution in [0, 0.1) is 6.92 Å². The number of rotatable bonds is 6. The summed E-state index contributed by atoms with van der Waals surface area (Å²) in [5.41, 5.74) is 1.36. The summed E-state index contributed by atoms with van der Waals surface area (Å²) in [6.45, 7) is 1.82. The molecule has 0 spiro atoms. The van der Waals surface area contributed by atoms with Crippen LogP contribution in [0.15, 0.2) is 64.6 Å². The van der Waals surface area contributed by atoms with E-state index in [0.29, 0.717) is 16.4 Å². The van der Waals surface area contributed by atoms with Gasteiger partial charge in [-0.1, -0.05) is 29.8 Å². The Labute approximate surface area is 203 Å². The van der Waals surface area contributed by atoms with Gasteiger partial charge in [0.1, 0.15) is 10.7 Å². The van der Waals surface area contributed by atoms with E-state index in [-0.39, 0.29) is 27.9 Å². The minimum absolute atomic E-state index is 0.0357. The smallest absolute Gasteiger partial charge is 0.339 e. The van der Waals surface area contributed by atoms with Gasteiger partial charge in [-0.25, -0.2) is 14.7 Å². The number of methoxy groups -OCH3 is 1. The number of hydrogen-bond donors (Lipinski definition) is 2. The number of anilines is 3. The monoisotopic (exact) mass is 496 g/mol. The van der Waals surface area contributed by atoms with Crippen molar-refractivity contribution in [1.82, 2.24) is 4.98 Å². The summed E-state index contributed by atoms with van der Waals surface area (Å²) in [6, 6.07) is 12.4. The third-order valence-electron chi connectivity index (χ3n) is 4.81. The van der Waals surface area contributed by atoms with Gasteiger partial charge in [-0.3, -0.25) is 19.7 Å². The van der Waals surface area contributed by atoms with E-state index < -0.39 is 17.8 Å². The zero-order valence-electron chi connectivity index (χ0n) is 17.9. The fourth-order valence-electron chi connectivity index (χ4n) is 3.24. The number of benzene rings is 2. The highest BCUT2D eigenvalue weighted by atomic mass is 35.5. The van der Waals surface area contributed by atoms with E-state index in [0.717, 1.165) is 10.6 Å². The number of esters is 1. The SMILES string of the molecule is COC(=O)c1ccccc1N1C(=O)C(Cl)=C(Nc2cccc(C(=O)Nc3nc(C)cs3)c2)C1=O. The Morgan fingerprint density at radius 2 is 1.85 bits per heavy atom. The number of carbonyl (C=O) groups is 4. The lowest BCUT2D eigenvalue weighted by atomic mass is 10.1. The van der Waals surface area contributed by atoms with Crippen LogP contribution in [0.1, 0.15) is 26.4 Å². The van der Waals surface area contributed by atoms with Crippen molar-refractivity contribution < 1.29 is 23.9 Å². The van der Waals surface area contributed by atoms with E-state index in [2.05, 4.69) is 15.6 Å². The molecule has 0 unspecified atom stereocenters. The Balaban J connectivity index is 1.58. The highest BCUT2D eigenvalue weighted by molar-refractivity contribution is 7.13. The predicted octanol–water partition coefficient (Wildman–Crippen LogP) is 3.93. The van der Waals surface area contributed by atoms with Crippen LogP contribution in [0.2, 0.25) is 0 Å². The fraction of sp³-hybridized carbons (Fsp3) is 0.0870. The number of thiazole rings is 1. The average molecular weight is 497 g/mol. The normalized spacial score (nSPS) is 13.3. The zero-order chi connectivity index (χ0) is 24.4. The van der Waals surface area contributed by atoms with E-state index in [4.69, 9.17) is 16.3 Å². The maximum Gasteiger partial charge on any atom is 0.339 e. The topological polar surface area (TPSA) is 118 Å². The first-order valence-electron chi connectivity index (χ1n) is 9.86. The summed E-state index contributed by atoms with van der Waals surface area (Å²) in [5.74, 6) is -2.64. The molecule has 0 saturated heterocycles. The number of ether oxygens (including phenoxy) is 1. The molecule has 1 aliphatic rings. The number of amides is 3. The van der Waals surface area contributed by atoms with Crippen molar-refractivity contribution in [3.8, 4) is 0 Å². The van der Waals surface area contributed by atoms with Gasteiger partial charge in [0, 0.05) is 16.6 Å². The van der Waals surface area contributed by atoms with Gasteiger partial charge < -0.3 is 10.1 Å². The lowest BCUT2D eigenvalue weighted by molar-refractivity contribution is -0.120. The lowest BCUT2D eigenvalue weighted by Gasteiger charge is -2.18. The molecule has 0 saturated carbocycles. The Morgan fingerprint density at radius 3 is 2.56 bits per heavy atom. The number of hydrogen-bond acceptors (Lipinski definition) is 8. The molecule has 0 atom stereocenters. The molecule has 2 N–H and O–H groups in total. The highest BCUT2D eigenvalue weighted by Crippen LogP contribution is 2.32. The third kappa shape index (κ3) is 4.41. The second-order valence-electron chi connectivity index (χ2n) is 7.10. The van der Waals surface area contributed by atoms with Gasteiger partial charge in [-0.05, 0) is 37.3 Å². The van der Waals surface area contributed by atoms with Crippen LogP contribution in [0.25, 0.3) is 0 Å². The maximum absolute atomic E-state index is 13.1. The van der Waals surface area contributed by atoms with Crippen molar-refractivity contribution in [2.24, 2.45) is 0 Å². The predicted molar refractivity (Wildman–Crippen MR) is 128 cm³/mol. The van der Waals surface area contributed by atoms with Gasteiger partial charge in [0.2, 0.25) is 0 Å². The van der Waals surface area contributed by atoms with Crippen molar-refractivity contribution in [3.05, 3.63) is 81.5 Å². The molecule has 2 heterocycles. The number of nitrogens with zero attached hydrogens (tertiary/aromatic N) is 2. The number of para-hydroxylation sites is 1. The van der Waals surface area contributed by atoms with E-state index in [1.165, 1.54) is 36.6 Å². The summed E-state index contributed by atoms with van der Waals surface area (Å²) < 4.78 is 4.74. The summed E-state index contributed by atoms with van der Waals surface area (Å²) in [4.78, 5) is 55.6. The lowest BCUT2D eigenvalue weighted by Crippen LogP contribution is -2.33. The van der Waals surface area contributed by atoms with Crippen molar-refractivity contribution >= 4 is 63.1 Å². The van der Waals surface area contributed by atoms with Crippen molar-refractivity contribution in [2.75, 3.05) is 22.6 Å². The molecule has 0 aliphatic carbocycles. The van der Waals surface area contributed by atoms with Gasteiger partial charge in [-0.2, -0.15) is 0 Å². The minimum Gasteiger partial charge on any atom is -0.465 e. The Hall–Kier alpha value is -4.02. The van der Waals surface area contributed by atoms with Crippen LogP contribution in [0.5, 0.6) is 0 Å². The minimum atomic E-state index is -0.793. The molecule has 1 aromatic heterocycles. The average Bonchev–Trinajstić information content (AvgIpc) is 3.34.